The summed E-state index contributed by atoms with van der Waals surface area (Å²) in [5.41, 5.74) is 0. The molecular weight excluding hydrogens is 570 g/mol. The maximum atomic E-state index is 12.5. The largest absolute Gasteiger partial charge is 0.544 e. The van der Waals surface area contributed by atoms with Crippen molar-refractivity contribution in [3.63, 3.8) is 0 Å². The van der Waals surface area contributed by atoms with Gasteiger partial charge in [-0.3, -0.25) is 9.59 Å². The molecule has 0 bridgehead atoms. The van der Waals surface area contributed by atoms with E-state index in [9.17, 15) is 19.5 Å². The standard InChI is InChI=1S/C37H65NO7/c1-6-8-10-12-14-16-17-18-19-20-22-23-25-27-35(39)44-32-33(31-43-30-29-34(37(41)42)38(3,4)5)45-36(40)28-26-24-21-15-13-11-9-7-2/h8,10,12,14,16-17,33-34H,6-7,9,11,13,15,18-32H2,1-5H3/b10-8+,14-12+,17-16+. The molecule has 0 amide bonds. The van der Waals surface area contributed by atoms with E-state index in [1.54, 1.807) is 21.1 Å². The van der Waals surface area contributed by atoms with Crippen LogP contribution >= 0.6 is 0 Å². The van der Waals surface area contributed by atoms with E-state index < -0.39 is 18.1 Å². The lowest BCUT2D eigenvalue weighted by atomic mass is 10.1. The third-order valence-corrected chi connectivity index (χ3v) is 7.60. The van der Waals surface area contributed by atoms with Gasteiger partial charge in [0.2, 0.25) is 0 Å². The van der Waals surface area contributed by atoms with E-state index >= 15 is 0 Å². The molecule has 0 fully saturated rings. The Balaban J connectivity index is 4.47. The highest BCUT2D eigenvalue weighted by atomic mass is 16.6. The molecule has 8 nitrogen and oxygen atoms in total. The average Bonchev–Trinajstić information content (AvgIpc) is 2.98. The van der Waals surface area contributed by atoms with Crippen molar-refractivity contribution >= 4 is 17.9 Å². The van der Waals surface area contributed by atoms with E-state index in [1.807, 2.05) is 12.2 Å². The second kappa shape index (κ2) is 29.0. The van der Waals surface area contributed by atoms with E-state index in [2.05, 4.69) is 38.2 Å². The van der Waals surface area contributed by atoms with E-state index in [0.717, 1.165) is 64.2 Å². The number of rotatable bonds is 30. The van der Waals surface area contributed by atoms with Crippen molar-refractivity contribution in [3.05, 3.63) is 36.5 Å². The summed E-state index contributed by atoms with van der Waals surface area (Å²) in [5, 5.41) is 11.5. The zero-order valence-electron chi connectivity index (χ0n) is 29.3. The molecule has 0 N–H and O–H groups in total. The number of nitrogens with zero attached hydrogens (tertiary/aromatic N) is 1. The summed E-state index contributed by atoms with van der Waals surface area (Å²) in [6.07, 6.45) is 28.9. The second-order valence-corrected chi connectivity index (χ2v) is 12.8. The van der Waals surface area contributed by atoms with Crippen LogP contribution in [-0.4, -0.2) is 75.5 Å². The molecular formula is C37H65NO7. The quantitative estimate of drug-likeness (QED) is 0.0362. The number of carboxylic acids is 1. The number of quaternary nitrogens is 1. The minimum absolute atomic E-state index is 0.0348. The molecule has 0 spiro atoms. The fraction of sp³-hybridized carbons (Fsp3) is 0.757. The molecule has 0 aliphatic carbocycles. The molecule has 0 heterocycles. The van der Waals surface area contributed by atoms with Gasteiger partial charge in [0.25, 0.3) is 0 Å². The smallest absolute Gasteiger partial charge is 0.306 e. The van der Waals surface area contributed by atoms with Gasteiger partial charge in [-0.25, -0.2) is 0 Å². The summed E-state index contributed by atoms with van der Waals surface area (Å²) < 4.78 is 17.0. The minimum Gasteiger partial charge on any atom is -0.544 e. The van der Waals surface area contributed by atoms with Gasteiger partial charge in [0.15, 0.2) is 6.10 Å². The zero-order chi connectivity index (χ0) is 33.6. The third-order valence-electron chi connectivity index (χ3n) is 7.60. The summed E-state index contributed by atoms with van der Waals surface area (Å²) in [6.45, 7) is 4.44. The third kappa shape index (κ3) is 27.6. The van der Waals surface area contributed by atoms with Gasteiger partial charge in [-0.15, -0.1) is 0 Å². The van der Waals surface area contributed by atoms with Crippen molar-refractivity contribution in [1.82, 2.24) is 0 Å². The maximum Gasteiger partial charge on any atom is 0.306 e. The molecule has 2 atom stereocenters. The molecule has 8 heteroatoms. The van der Waals surface area contributed by atoms with Crippen molar-refractivity contribution in [1.29, 1.82) is 0 Å². The Kier molecular flexibility index (Phi) is 27.4. The Hall–Kier alpha value is -2.45. The fourth-order valence-electron chi connectivity index (χ4n) is 4.83. The molecule has 0 aliphatic heterocycles. The van der Waals surface area contributed by atoms with Gasteiger partial charge in [-0.1, -0.05) is 115 Å². The van der Waals surface area contributed by atoms with Crippen molar-refractivity contribution in [3.8, 4) is 0 Å². The van der Waals surface area contributed by atoms with Gasteiger partial charge in [0.05, 0.1) is 40.3 Å². The van der Waals surface area contributed by atoms with Crippen molar-refractivity contribution in [2.75, 3.05) is 41.0 Å². The van der Waals surface area contributed by atoms with Gasteiger partial charge < -0.3 is 28.6 Å². The van der Waals surface area contributed by atoms with Crippen LogP contribution in [0, 0.1) is 0 Å². The monoisotopic (exact) mass is 635 g/mol. The molecule has 2 unspecified atom stereocenters. The molecule has 260 valence electrons. The van der Waals surface area contributed by atoms with Crippen LogP contribution in [0.2, 0.25) is 0 Å². The van der Waals surface area contributed by atoms with Crippen LogP contribution in [0.3, 0.4) is 0 Å². The SMILES string of the molecule is CC/C=C/C=C/C=C/CCCCCCCC(=O)OCC(COCCC(C(=O)[O-])[N+](C)(C)C)OC(=O)CCCCCCCCCC. The first-order valence-corrected chi connectivity index (χ1v) is 17.5. The van der Waals surface area contributed by atoms with E-state index in [4.69, 9.17) is 14.2 Å². The van der Waals surface area contributed by atoms with E-state index in [-0.39, 0.29) is 42.7 Å². The fourth-order valence-corrected chi connectivity index (χ4v) is 4.83. The Labute approximate surface area is 274 Å². The van der Waals surface area contributed by atoms with Crippen LogP contribution in [0.25, 0.3) is 0 Å². The van der Waals surface area contributed by atoms with Crippen LogP contribution in [0.1, 0.15) is 129 Å². The molecule has 0 saturated heterocycles. The molecule has 0 rings (SSSR count). The van der Waals surface area contributed by atoms with Crippen molar-refractivity contribution < 1.29 is 38.2 Å². The predicted molar refractivity (Wildman–Crippen MR) is 180 cm³/mol. The molecule has 0 saturated carbocycles. The number of hydrogen-bond acceptors (Lipinski definition) is 7. The Bertz CT molecular complexity index is 844. The van der Waals surface area contributed by atoms with Gasteiger partial charge >= 0.3 is 11.9 Å². The number of likely N-dealkylation sites (N-methyl/N-ethyl adjacent to an activating group) is 1. The Morgan fingerprint density at radius 2 is 1.24 bits per heavy atom. The first-order chi connectivity index (χ1) is 21.6. The first-order valence-electron chi connectivity index (χ1n) is 17.5. The number of allylic oxidation sites excluding steroid dienone is 6. The lowest BCUT2D eigenvalue weighted by Crippen LogP contribution is -2.55. The molecule has 0 radical (unpaired) electrons. The highest BCUT2D eigenvalue weighted by molar-refractivity contribution is 5.70. The number of ether oxygens (including phenoxy) is 3. The first kappa shape index (κ1) is 42.6. The van der Waals surface area contributed by atoms with Gasteiger partial charge in [-0.2, -0.15) is 0 Å². The number of carbonyl (C=O) groups excluding carboxylic acids is 3. The van der Waals surface area contributed by atoms with Gasteiger partial charge in [0.1, 0.15) is 12.6 Å². The van der Waals surface area contributed by atoms with Crippen LogP contribution < -0.4 is 5.11 Å². The summed E-state index contributed by atoms with van der Waals surface area (Å²) in [7, 11) is 5.38. The summed E-state index contributed by atoms with van der Waals surface area (Å²) in [6, 6.07) is -0.725. The van der Waals surface area contributed by atoms with Gasteiger partial charge in [-0.05, 0) is 32.1 Å². The molecule has 0 aromatic carbocycles. The highest BCUT2D eigenvalue weighted by Gasteiger charge is 2.25. The number of esters is 2. The predicted octanol–water partition coefficient (Wildman–Crippen LogP) is 7.01. The minimum atomic E-state index is -1.13. The zero-order valence-corrected chi connectivity index (χ0v) is 29.3. The Morgan fingerprint density at radius 3 is 1.82 bits per heavy atom. The lowest BCUT2D eigenvalue weighted by Gasteiger charge is -2.34. The lowest BCUT2D eigenvalue weighted by molar-refractivity contribution is -0.889. The summed E-state index contributed by atoms with van der Waals surface area (Å²) >= 11 is 0. The maximum absolute atomic E-state index is 12.5. The van der Waals surface area contributed by atoms with Crippen LogP contribution in [0.15, 0.2) is 36.5 Å². The molecule has 0 aliphatic rings. The van der Waals surface area contributed by atoms with Gasteiger partial charge in [0, 0.05) is 19.3 Å². The number of hydrogen-bond donors (Lipinski definition) is 0. The number of carboxylic acid groups (broad SMARTS) is 1. The topological polar surface area (TPSA) is 102 Å². The van der Waals surface area contributed by atoms with Crippen LogP contribution in [0.4, 0.5) is 0 Å². The number of carbonyl (C=O) groups is 3. The molecule has 0 aromatic rings. The number of aliphatic carboxylic acids is 1. The summed E-state index contributed by atoms with van der Waals surface area (Å²) in [5.74, 6) is -1.77. The normalized spacial score (nSPS) is 13.5. The second-order valence-electron chi connectivity index (χ2n) is 12.8. The number of unbranched alkanes of at least 4 members (excludes halogenated alkanes) is 12. The van der Waals surface area contributed by atoms with Crippen molar-refractivity contribution in [2.24, 2.45) is 0 Å². The summed E-state index contributed by atoms with van der Waals surface area (Å²) in [4.78, 5) is 36.4. The highest BCUT2D eigenvalue weighted by Crippen LogP contribution is 2.12. The Morgan fingerprint density at radius 1 is 0.689 bits per heavy atom. The van der Waals surface area contributed by atoms with Crippen LogP contribution in [0.5, 0.6) is 0 Å². The van der Waals surface area contributed by atoms with E-state index in [1.165, 1.54) is 32.1 Å². The molecule has 0 aromatic heterocycles. The average molecular weight is 636 g/mol. The molecule has 45 heavy (non-hydrogen) atoms. The van der Waals surface area contributed by atoms with Crippen molar-refractivity contribution in [2.45, 2.75) is 142 Å². The van der Waals surface area contributed by atoms with E-state index in [0.29, 0.717) is 12.8 Å². The van der Waals surface area contributed by atoms with Crippen LogP contribution in [-0.2, 0) is 28.6 Å².